The first kappa shape index (κ1) is 12.4. The van der Waals surface area contributed by atoms with Crippen LogP contribution in [0.15, 0.2) is 28.8 Å². The highest BCUT2D eigenvalue weighted by atomic mass is 16.5. The van der Waals surface area contributed by atoms with Crippen LogP contribution in [0.4, 0.5) is 0 Å². The van der Waals surface area contributed by atoms with Crippen molar-refractivity contribution in [2.75, 3.05) is 6.54 Å². The smallest absolute Gasteiger partial charge is 0.243 e. The monoisotopic (exact) mass is 257 g/mol. The molecule has 2 aromatic rings. The molecule has 0 radical (unpaired) electrons. The number of nitrogens with zero attached hydrogens (tertiary/aromatic N) is 2. The summed E-state index contributed by atoms with van der Waals surface area (Å²) in [4.78, 5) is 4.54. The Balaban J connectivity index is 1.73. The molecule has 0 saturated carbocycles. The van der Waals surface area contributed by atoms with E-state index in [0.29, 0.717) is 11.8 Å². The molecule has 4 nitrogen and oxygen atoms in total. The van der Waals surface area contributed by atoms with Gasteiger partial charge in [0.05, 0.1) is 12.0 Å². The predicted molar refractivity (Wildman–Crippen MR) is 73.0 cm³/mol. The first-order chi connectivity index (χ1) is 9.29. The highest BCUT2D eigenvalue weighted by Gasteiger charge is 2.31. The summed E-state index contributed by atoms with van der Waals surface area (Å²) in [5.41, 5.74) is 2.74. The van der Waals surface area contributed by atoms with Crippen molar-refractivity contribution in [1.29, 1.82) is 0 Å². The van der Waals surface area contributed by atoms with Crippen LogP contribution in [0.1, 0.15) is 55.1 Å². The van der Waals surface area contributed by atoms with E-state index >= 15 is 0 Å². The maximum absolute atomic E-state index is 5.37. The molecule has 2 unspecified atom stereocenters. The molecule has 1 aromatic heterocycles. The van der Waals surface area contributed by atoms with E-state index in [0.717, 1.165) is 25.2 Å². The molecule has 1 aromatic carbocycles. The fraction of sp³-hybridized carbons (Fsp3) is 0.467. The minimum absolute atomic E-state index is 0.122. The van der Waals surface area contributed by atoms with Crippen molar-refractivity contribution in [3.8, 4) is 0 Å². The van der Waals surface area contributed by atoms with Gasteiger partial charge in [0.15, 0.2) is 5.82 Å². The lowest BCUT2D eigenvalue weighted by Gasteiger charge is -2.27. The largest absolute Gasteiger partial charge is 0.338 e. The van der Waals surface area contributed by atoms with Gasteiger partial charge >= 0.3 is 0 Å². The van der Waals surface area contributed by atoms with Gasteiger partial charge in [0.1, 0.15) is 0 Å². The maximum atomic E-state index is 5.37. The van der Waals surface area contributed by atoms with E-state index in [1.54, 1.807) is 0 Å². The van der Waals surface area contributed by atoms with Crippen LogP contribution in [-0.4, -0.2) is 16.7 Å². The van der Waals surface area contributed by atoms with Gasteiger partial charge in [0.2, 0.25) is 5.89 Å². The standard InChI is InChI=1S/C15H19N3O/c1-3-8-16-10(2)15-17-14(18-19-15)13-9-11-6-4-5-7-12(11)13/h4-7,10,13,16H,3,8-9H2,1-2H3. The molecule has 3 rings (SSSR count). The molecule has 1 heterocycles. The molecule has 0 fully saturated rings. The number of hydrogen-bond acceptors (Lipinski definition) is 4. The van der Waals surface area contributed by atoms with E-state index < -0.39 is 0 Å². The number of hydrogen-bond donors (Lipinski definition) is 1. The normalized spacial score (nSPS) is 18.7. The van der Waals surface area contributed by atoms with Crippen molar-refractivity contribution in [3.05, 3.63) is 47.1 Å². The Morgan fingerprint density at radius 1 is 1.42 bits per heavy atom. The SMILES string of the molecule is CCCNC(C)c1nc(C2Cc3ccccc32)no1. The van der Waals surface area contributed by atoms with Gasteiger partial charge < -0.3 is 9.84 Å². The quantitative estimate of drug-likeness (QED) is 0.895. The van der Waals surface area contributed by atoms with E-state index in [1.165, 1.54) is 11.1 Å². The third-order valence-electron chi connectivity index (χ3n) is 3.69. The predicted octanol–water partition coefficient (Wildman–Crippen LogP) is 2.82. The van der Waals surface area contributed by atoms with Crippen LogP contribution in [0.5, 0.6) is 0 Å². The summed E-state index contributed by atoms with van der Waals surface area (Å²) in [6, 6.07) is 8.58. The number of nitrogens with one attached hydrogen (secondary N) is 1. The van der Waals surface area contributed by atoms with Crippen molar-refractivity contribution in [1.82, 2.24) is 15.5 Å². The van der Waals surface area contributed by atoms with Gasteiger partial charge in [-0.2, -0.15) is 4.98 Å². The zero-order valence-electron chi connectivity index (χ0n) is 11.4. The molecule has 0 bridgehead atoms. The highest BCUT2D eigenvalue weighted by molar-refractivity contribution is 5.43. The van der Waals surface area contributed by atoms with Gasteiger partial charge in [-0.05, 0) is 37.4 Å². The molecule has 1 aliphatic carbocycles. The molecule has 19 heavy (non-hydrogen) atoms. The van der Waals surface area contributed by atoms with E-state index in [4.69, 9.17) is 4.52 Å². The minimum Gasteiger partial charge on any atom is -0.338 e. The summed E-state index contributed by atoms with van der Waals surface area (Å²) in [6.45, 7) is 5.16. The summed E-state index contributed by atoms with van der Waals surface area (Å²) in [5, 5.41) is 7.50. The van der Waals surface area contributed by atoms with Gasteiger partial charge in [-0.1, -0.05) is 36.3 Å². The van der Waals surface area contributed by atoms with Crippen LogP contribution in [0.25, 0.3) is 0 Å². The second kappa shape index (κ2) is 5.13. The summed E-state index contributed by atoms with van der Waals surface area (Å²) in [6.07, 6.45) is 2.12. The third-order valence-corrected chi connectivity index (χ3v) is 3.69. The van der Waals surface area contributed by atoms with Crippen molar-refractivity contribution in [3.63, 3.8) is 0 Å². The molecule has 1 N–H and O–H groups in total. The van der Waals surface area contributed by atoms with Crippen LogP contribution in [0, 0.1) is 0 Å². The molecule has 2 atom stereocenters. The molecule has 0 amide bonds. The van der Waals surface area contributed by atoms with E-state index in [1.807, 2.05) is 0 Å². The van der Waals surface area contributed by atoms with Crippen molar-refractivity contribution in [2.24, 2.45) is 0 Å². The molecule has 0 saturated heterocycles. The second-order valence-corrected chi connectivity index (χ2v) is 5.12. The average molecular weight is 257 g/mol. The Morgan fingerprint density at radius 3 is 3.05 bits per heavy atom. The van der Waals surface area contributed by atoms with Gasteiger partial charge in [0.25, 0.3) is 0 Å². The van der Waals surface area contributed by atoms with E-state index in [9.17, 15) is 0 Å². The van der Waals surface area contributed by atoms with Crippen LogP contribution in [-0.2, 0) is 6.42 Å². The van der Waals surface area contributed by atoms with Crippen molar-refractivity contribution in [2.45, 2.75) is 38.6 Å². The first-order valence-corrected chi connectivity index (χ1v) is 6.94. The van der Waals surface area contributed by atoms with Crippen LogP contribution in [0.3, 0.4) is 0 Å². The molecule has 100 valence electrons. The summed E-state index contributed by atoms with van der Waals surface area (Å²) < 4.78 is 5.37. The van der Waals surface area contributed by atoms with Gasteiger partial charge in [0, 0.05) is 0 Å². The van der Waals surface area contributed by atoms with Gasteiger partial charge in [-0.15, -0.1) is 0 Å². The third kappa shape index (κ3) is 2.28. The molecule has 1 aliphatic rings. The Morgan fingerprint density at radius 2 is 2.26 bits per heavy atom. The molecular formula is C15H19N3O. The molecule has 0 spiro atoms. The number of benzene rings is 1. The Labute approximate surface area is 113 Å². The van der Waals surface area contributed by atoms with Crippen LogP contribution in [0.2, 0.25) is 0 Å². The summed E-state index contributed by atoms with van der Waals surface area (Å²) in [5.74, 6) is 1.82. The zero-order chi connectivity index (χ0) is 13.2. The maximum Gasteiger partial charge on any atom is 0.243 e. The van der Waals surface area contributed by atoms with Crippen molar-refractivity contribution < 1.29 is 4.52 Å². The van der Waals surface area contributed by atoms with Crippen molar-refractivity contribution >= 4 is 0 Å². The number of rotatable bonds is 5. The fourth-order valence-electron chi connectivity index (χ4n) is 2.50. The lowest BCUT2D eigenvalue weighted by Crippen LogP contribution is -2.21. The Kier molecular flexibility index (Phi) is 3.34. The van der Waals surface area contributed by atoms with E-state index in [2.05, 4.69) is 53.6 Å². The van der Waals surface area contributed by atoms with Crippen LogP contribution < -0.4 is 5.32 Å². The lowest BCUT2D eigenvalue weighted by molar-refractivity contribution is 0.335. The second-order valence-electron chi connectivity index (χ2n) is 5.12. The number of aromatic nitrogens is 2. The minimum atomic E-state index is 0.122. The van der Waals surface area contributed by atoms with Gasteiger partial charge in [-0.25, -0.2) is 0 Å². The summed E-state index contributed by atoms with van der Waals surface area (Å²) in [7, 11) is 0. The Hall–Kier alpha value is -1.68. The molecule has 0 aliphatic heterocycles. The Bertz CT molecular complexity index is 564. The van der Waals surface area contributed by atoms with E-state index in [-0.39, 0.29) is 6.04 Å². The fourth-order valence-corrected chi connectivity index (χ4v) is 2.50. The molecular weight excluding hydrogens is 238 g/mol. The van der Waals surface area contributed by atoms with Gasteiger partial charge in [-0.3, -0.25) is 0 Å². The molecule has 4 heteroatoms. The average Bonchev–Trinajstić information content (AvgIpc) is 2.87. The van der Waals surface area contributed by atoms with Crippen LogP contribution >= 0.6 is 0 Å². The highest BCUT2D eigenvalue weighted by Crippen LogP contribution is 2.38. The topological polar surface area (TPSA) is 51.0 Å². The summed E-state index contributed by atoms with van der Waals surface area (Å²) >= 11 is 0. The first-order valence-electron chi connectivity index (χ1n) is 6.94. The lowest BCUT2D eigenvalue weighted by atomic mass is 9.77. The zero-order valence-corrected chi connectivity index (χ0v) is 11.4. The number of fused-ring (bicyclic) bond motifs is 1.